The van der Waals surface area contributed by atoms with Crippen LogP contribution in [0.1, 0.15) is 284 Å². The molecule has 0 aliphatic rings. The van der Waals surface area contributed by atoms with Gasteiger partial charge in [-0.05, 0) is 122 Å². The van der Waals surface area contributed by atoms with E-state index in [2.05, 4.69) is 154 Å². The summed E-state index contributed by atoms with van der Waals surface area (Å²) in [7, 11) is 0. The highest BCUT2D eigenvalue weighted by Gasteiger charge is 2.19. The van der Waals surface area contributed by atoms with Crippen molar-refractivity contribution in [3.8, 4) is 0 Å². The maximum atomic E-state index is 12.9. The molecule has 0 rings (SSSR count). The molecule has 442 valence electrons. The Labute approximate surface area is 481 Å². The maximum Gasteiger partial charge on any atom is 0.306 e. The highest BCUT2D eigenvalue weighted by Crippen LogP contribution is 2.15. The van der Waals surface area contributed by atoms with Crippen LogP contribution in [-0.2, 0) is 28.6 Å². The minimum Gasteiger partial charge on any atom is -0.462 e. The molecule has 0 aromatic carbocycles. The SMILES string of the molecule is CC/C=C\C/C=C\C/C=C\C/C=C\C/C=C\C/C=C\C/C=C\C/C=C\CCCCC(=O)OCC(COC(=O)CCCCCCCCCCCC)OC(=O)CCCCCCCCCC/C=C\C/C=C\C/C=C\CCCCCCC. The molecule has 0 radical (unpaired) electrons. The molecule has 0 saturated heterocycles. The Kier molecular flexibility index (Phi) is 61.4. The van der Waals surface area contributed by atoms with Gasteiger partial charge in [0.15, 0.2) is 6.10 Å². The second-order valence-electron chi connectivity index (χ2n) is 20.9. The third-order valence-corrected chi connectivity index (χ3v) is 13.4. The van der Waals surface area contributed by atoms with Crippen molar-refractivity contribution in [3.05, 3.63) is 134 Å². The van der Waals surface area contributed by atoms with E-state index < -0.39 is 6.10 Å². The van der Waals surface area contributed by atoms with Gasteiger partial charge in [0.2, 0.25) is 0 Å². The summed E-state index contributed by atoms with van der Waals surface area (Å²) < 4.78 is 16.9. The number of esters is 3. The topological polar surface area (TPSA) is 78.9 Å². The van der Waals surface area contributed by atoms with E-state index in [1.807, 2.05) is 0 Å². The third kappa shape index (κ3) is 62.4. The predicted molar refractivity (Wildman–Crippen MR) is 339 cm³/mol. The van der Waals surface area contributed by atoms with Crippen LogP contribution in [0, 0.1) is 0 Å². The van der Waals surface area contributed by atoms with Crippen LogP contribution in [-0.4, -0.2) is 37.2 Å². The second-order valence-corrected chi connectivity index (χ2v) is 20.9. The molecule has 0 heterocycles. The molecular formula is C72H118O6. The first kappa shape index (κ1) is 73.5. The van der Waals surface area contributed by atoms with Crippen LogP contribution in [0.25, 0.3) is 0 Å². The number of carbonyl (C=O) groups excluding carboxylic acids is 3. The molecule has 1 atom stereocenters. The van der Waals surface area contributed by atoms with Gasteiger partial charge in [-0.3, -0.25) is 14.4 Å². The van der Waals surface area contributed by atoms with Gasteiger partial charge < -0.3 is 14.2 Å². The van der Waals surface area contributed by atoms with Crippen molar-refractivity contribution in [2.45, 2.75) is 290 Å². The number of unbranched alkanes of at least 4 members (excludes halogenated alkanes) is 24. The Balaban J connectivity index is 4.39. The summed E-state index contributed by atoms with van der Waals surface area (Å²) in [6, 6.07) is 0. The lowest BCUT2D eigenvalue weighted by molar-refractivity contribution is -0.167. The van der Waals surface area contributed by atoms with Crippen LogP contribution < -0.4 is 0 Å². The summed E-state index contributed by atoms with van der Waals surface area (Å²) in [5.74, 6) is -0.950. The molecule has 0 aliphatic heterocycles. The van der Waals surface area contributed by atoms with Gasteiger partial charge in [-0.2, -0.15) is 0 Å². The minimum atomic E-state index is -0.804. The van der Waals surface area contributed by atoms with E-state index in [-0.39, 0.29) is 31.1 Å². The molecule has 0 spiro atoms. The summed E-state index contributed by atoms with van der Waals surface area (Å²) in [4.78, 5) is 38.2. The zero-order chi connectivity index (χ0) is 56.4. The van der Waals surface area contributed by atoms with E-state index in [0.29, 0.717) is 25.7 Å². The molecule has 0 N–H and O–H groups in total. The molecule has 0 aromatic heterocycles. The average molecular weight is 1080 g/mol. The van der Waals surface area contributed by atoms with Crippen LogP contribution in [0.2, 0.25) is 0 Å². The van der Waals surface area contributed by atoms with Gasteiger partial charge in [0.05, 0.1) is 0 Å². The highest BCUT2D eigenvalue weighted by atomic mass is 16.6. The molecular weight excluding hydrogens is 961 g/mol. The smallest absolute Gasteiger partial charge is 0.306 e. The van der Waals surface area contributed by atoms with Gasteiger partial charge >= 0.3 is 17.9 Å². The van der Waals surface area contributed by atoms with Crippen LogP contribution in [0.15, 0.2) is 134 Å². The van der Waals surface area contributed by atoms with Crippen molar-refractivity contribution in [3.63, 3.8) is 0 Å². The standard InChI is InChI=1S/C72H118O6/c1-4-7-10-13-16-19-22-24-26-28-30-32-34-35-36-37-39-40-42-44-46-48-50-53-56-59-62-65-71(74)77-68-69(67-76-70(73)64-61-58-55-52-21-18-15-12-9-6-3)78-72(75)66-63-60-57-54-51-49-47-45-43-41-38-33-31-29-27-25-23-20-17-14-11-8-5-2/h7,10,16,19,23-26,29-32,35-36,38-41,44,46,50,53,69H,4-6,8-9,11-15,17-18,20-22,27-28,33-34,37,42-43,45,47-49,51-52,54-68H2,1-3H3/b10-7-,19-16-,25-23-,26-24-,31-29-,32-30-,36-35-,40-39-,41-38-,46-44-,53-50-. The van der Waals surface area contributed by atoms with E-state index in [4.69, 9.17) is 14.2 Å². The fourth-order valence-corrected chi connectivity index (χ4v) is 8.58. The lowest BCUT2D eigenvalue weighted by atomic mass is 10.1. The first-order valence-corrected chi connectivity index (χ1v) is 32.2. The number of carbonyl (C=O) groups is 3. The van der Waals surface area contributed by atoms with Crippen molar-refractivity contribution in [1.82, 2.24) is 0 Å². The predicted octanol–water partition coefficient (Wildman–Crippen LogP) is 22.2. The van der Waals surface area contributed by atoms with Crippen molar-refractivity contribution >= 4 is 17.9 Å². The zero-order valence-electron chi connectivity index (χ0n) is 50.6. The molecule has 0 bridgehead atoms. The third-order valence-electron chi connectivity index (χ3n) is 13.4. The molecule has 0 amide bonds. The van der Waals surface area contributed by atoms with Crippen molar-refractivity contribution in [2.75, 3.05) is 13.2 Å². The second kappa shape index (κ2) is 65.1. The Bertz CT molecular complexity index is 1670. The summed E-state index contributed by atoms with van der Waals surface area (Å²) >= 11 is 0. The number of ether oxygens (including phenoxy) is 3. The Hall–Kier alpha value is -4.45. The molecule has 6 nitrogen and oxygen atoms in total. The maximum absolute atomic E-state index is 12.9. The van der Waals surface area contributed by atoms with Gasteiger partial charge in [-0.1, -0.05) is 276 Å². The summed E-state index contributed by atoms with van der Waals surface area (Å²) in [5, 5.41) is 0. The van der Waals surface area contributed by atoms with Crippen LogP contribution >= 0.6 is 0 Å². The summed E-state index contributed by atoms with van der Waals surface area (Å²) in [6.45, 7) is 6.47. The Morgan fingerprint density at radius 3 is 0.808 bits per heavy atom. The number of hydrogen-bond donors (Lipinski definition) is 0. The molecule has 78 heavy (non-hydrogen) atoms. The normalized spacial score (nSPS) is 13.0. The van der Waals surface area contributed by atoms with Gasteiger partial charge in [-0.15, -0.1) is 0 Å². The van der Waals surface area contributed by atoms with E-state index in [9.17, 15) is 14.4 Å². The lowest BCUT2D eigenvalue weighted by Gasteiger charge is -2.18. The number of hydrogen-bond acceptors (Lipinski definition) is 6. The monoisotopic (exact) mass is 1080 g/mol. The summed E-state index contributed by atoms with van der Waals surface area (Å²) in [6.07, 6.45) is 91.7. The summed E-state index contributed by atoms with van der Waals surface area (Å²) in [5.41, 5.74) is 0. The molecule has 6 heteroatoms. The van der Waals surface area contributed by atoms with E-state index in [1.165, 1.54) is 116 Å². The Morgan fingerprint density at radius 2 is 0.500 bits per heavy atom. The van der Waals surface area contributed by atoms with Crippen molar-refractivity contribution in [1.29, 1.82) is 0 Å². The van der Waals surface area contributed by atoms with Gasteiger partial charge in [0.1, 0.15) is 13.2 Å². The number of allylic oxidation sites excluding steroid dienone is 22. The van der Waals surface area contributed by atoms with Gasteiger partial charge in [0.25, 0.3) is 0 Å². The fourth-order valence-electron chi connectivity index (χ4n) is 8.58. The van der Waals surface area contributed by atoms with Crippen molar-refractivity contribution < 1.29 is 28.6 Å². The van der Waals surface area contributed by atoms with Gasteiger partial charge in [-0.25, -0.2) is 0 Å². The quantitative estimate of drug-likeness (QED) is 0.0261. The molecule has 0 saturated carbocycles. The van der Waals surface area contributed by atoms with Crippen LogP contribution in [0.5, 0.6) is 0 Å². The van der Waals surface area contributed by atoms with E-state index in [1.54, 1.807) is 0 Å². The fraction of sp³-hybridized carbons (Fsp3) is 0.653. The average Bonchev–Trinajstić information content (AvgIpc) is 3.44. The van der Waals surface area contributed by atoms with Crippen molar-refractivity contribution in [2.24, 2.45) is 0 Å². The largest absolute Gasteiger partial charge is 0.462 e. The molecule has 1 unspecified atom stereocenters. The minimum absolute atomic E-state index is 0.0969. The van der Waals surface area contributed by atoms with E-state index >= 15 is 0 Å². The Morgan fingerprint density at radius 1 is 0.269 bits per heavy atom. The molecule has 0 aromatic rings. The van der Waals surface area contributed by atoms with Gasteiger partial charge in [0, 0.05) is 19.3 Å². The van der Waals surface area contributed by atoms with Crippen LogP contribution in [0.4, 0.5) is 0 Å². The first-order chi connectivity index (χ1) is 38.5. The molecule has 0 fully saturated rings. The number of rotatable bonds is 57. The van der Waals surface area contributed by atoms with Crippen LogP contribution in [0.3, 0.4) is 0 Å². The molecule has 0 aliphatic carbocycles. The highest BCUT2D eigenvalue weighted by molar-refractivity contribution is 5.71. The first-order valence-electron chi connectivity index (χ1n) is 32.2. The lowest BCUT2D eigenvalue weighted by Crippen LogP contribution is -2.30. The zero-order valence-corrected chi connectivity index (χ0v) is 50.6. The van der Waals surface area contributed by atoms with E-state index in [0.717, 1.165) is 122 Å².